The van der Waals surface area contributed by atoms with Crippen LogP contribution >= 0.6 is 15.9 Å². The smallest absolute Gasteiger partial charge is 0.0100 e. The second-order valence-corrected chi connectivity index (χ2v) is 5.72. The molecule has 2 aliphatic rings. The highest BCUT2D eigenvalue weighted by atomic mass is 79.9. The molecule has 1 saturated heterocycles. The Hall–Kier alpha value is 0.440. The van der Waals surface area contributed by atoms with E-state index in [2.05, 4.69) is 27.8 Å². The predicted octanol–water partition coefficient (Wildman–Crippen LogP) is 3.43. The normalized spacial score (nSPS) is 31.7. The van der Waals surface area contributed by atoms with Crippen LogP contribution in [-0.2, 0) is 0 Å². The summed E-state index contributed by atoms with van der Waals surface area (Å²) in [6.07, 6.45) is 8.57. The van der Waals surface area contributed by atoms with Crippen molar-refractivity contribution in [2.24, 2.45) is 5.41 Å². The summed E-state index contributed by atoms with van der Waals surface area (Å²) in [6.45, 7) is 5.05. The summed E-state index contributed by atoms with van der Waals surface area (Å²) in [4.78, 5) is 2.75. The highest BCUT2D eigenvalue weighted by Gasteiger charge is 2.39. The van der Waals surface area contributed by atoms with E-state index in [0.29, 0.717) is 5.41 Å². The lowest BCUT2D eigenvalue weighted by atomic mass is 9.70. The van der Waals surface area contributed by atoms with Crippen molar-refractivity contribution in [2.75, 3.05) is 18.4 Å². The molecule has 0 spiro atoms. The van der Waals surface area contributed by atoms with Crippen LogP contribution in [0.4, 0.5) is 0 Å². The zero-order valence-corrected chi connectivity index (χ0v) is 10.9. The quantitative estimate of drug-likeness (QED) is 0.700. The van der Waals surface area contributed by atoms with E-state index < -0.39 is 0 Å². The van der Waals surface area contributed by atoms with Gasteiger partial charge in [-0.3, -0.25) is 4.90 Å². The summed E-state index contributed by atoms with van der Waals surface area (Å²) < 4.78 is 0. The standard InChI is InChI=1S/C12H22BrN/c1-2-11-5-3-8-14(11)10-12(9-13)6-4-7-12/h11H,2-10H2,1H3. The summed E-state index contributed by atoms with van der Waals surface area (Å²) in [7, 11) is 0. The van der Waals surface area contributed by atoms with Gasteiger partial charge in [-0.05, 0) is 44.1 Å². The largest absolute Gasteiger partial charge is 0.300 e. The average Bonchev–Trinajstić information content (AvgIpc) is 2.58. The molecule has 0 bridgehead atoms. The lowest BCUT2D eigenvalue weighted by Crippen LogP contribution is -2.45. The van der Waals surface area contributed by atoms with Crippen LogP contribution < -0.4 is 0 Å². The van der Waals surface area contributed by atoms with Gasteiger partial charge in [-0.15, -0.1) is 0 Å². The second kappa shape index (κ2) is 4.52. The molecule has 2 fully saturated rings. The van der Waals surface area contributed by atoms with E-state index >= 15 is 0 Å². The maximum Gasteiger partial charge on any atom is 0.0100 e. The van der Waals surface area contributed by atoms with Crippen LogP contribution in [0.5, 0.6) is 0 Å². The fourth-order valence-corrected chi connectivity index (χ4v) is 3.75. The molecule has 2 heteroatoms. The molecule has 0 amide bonds. The maximum absolute atomic E-state index is 3.71. The Balaban J connectivity index is 1.89. The van der Waals surface area contributed by atoms with Crippen LogP contribution in [0, 0.1) is 5.41 Å². The molecule has 1 heterocycles. The Morgan fingerprint density at radius 1 is 1.36 bits per heavy atom. The van der Waals surface area contributed by atoms with E-state index in [1.807, 2.05) is 0 Å². The zero-order chi connectivity index (χ0) is 10.0. The van der Waals surface area contributed by atoms with Gasteiger partial charge >= 0.3 is 0 Å². The van der Waals surface area contributed by atoms with E-state index in [-0.39, 0.29) is 0 Å². The molecular formula is C12H22BrN. The molecule has 0 aromatic rings. The molecule has 0 aromatic carbocycles. The van der Waals surface area contributed by atoms with Crippen molar-refractivity contribution < 1.29 is 0 Å². The summed E-state index contributed by atoms with van der Waals surface area (Å²) >= 11 is 3.71. The van der Waals surface area contributed by atoms with Crippen LogP contribution in [0.15, 0.2) is 0 Å². The van der Waals surface area contributed by atoms with Crippen molar-refractivity contribution in [1.82, 2.24) is 4.90 Å². The van der Waals surface area contributed by atoms with Gasteiger partial charge in [-0.1, -0.05) is 29.3 Å². The van der Waals surface area contributed by atoms with Crippen LogP contribution in [-0.4, -0.2) is 29.4 Å². The molecule has 1 atom stereocenters. The first-order chi connectivity index (χ1) is 6.79. The van der Waals surface area contributed by atoms with E-state index in [9.17, 15) is 0 Å². The Morgan fingerprint density at radius 2 is 2.14 bits per heavy atom. The Morgan fingerprint density at radius 3 is 2.64 bits per heavy atom. The highest BCUT2D eigenvalue weighted by molar-refractivity contribution is 9.09. The fraction of sp³-hybridized carbons (Fsp3) is 1.00. The number of hydrogen-bond acceptors (Lipinski definition) is 1. The number of likely N-dealkylation sites (tertiary alicyclic amines) is 1. The van der Waals surface area contributed by atoms with Crippen molar-refractivity contribution in [2.45, 2.75) is 51.5 Å². The number of hydrogen-bond donors (Lipinski definition) is 0. The van der Waals surface area contributed by atoms with E-state index in [0.717, 1.165) is 6.04 Å². The Bertz CT molecular complexity index is 183. The molecule has 14 heavy (non-hydrogen) atoms. The summed E-state index contributed by atoms with van der Waals surface area (Å²) in [5, 5.41) is 1.22. The van der Waals surface area contributed by atoms with Crippen LogP contribution in [0.3, 0.4) is 0 Å². The maximum atomic E-state index is 3.71. The van der Waals surface area contributed by atoms with Crippen LogP contribution in [0.2, 0.25) is 0 Å². The lowest BCUT2D eigenvalue weighted by Gasteiger charge is -2.44. The molecule has 82 valence electrons. The van der Waals surface area contributed by atoms with Crippen molar-refractivity contribution in [3.8, 4) is 0 Å². The van der Waals surface area contributed by atoms with Gasteiger partial charge in [0, 0.05) is 17.9 Å². The molecular weight excluding hydrogens is 238 g/mol. The molecule has 1 unspecified atom stereocenters. The third kappa shape index (κ3) is 2.01. The van der Waals surface area contributed by atoms with Crippen LogP contribution in [0.25, 0.3) is 0 Å². The highest BCUT2D eigenvalue weighted by Crippen LogP contribution is 2.44. The number of alkyl halides is 1. The number of nitrogens with zero attached hydrogens (tertiary/aromatic N) is 1. The van der Waals surface area contributed by atoms with Crippen LogP contribution in [0.1, 0.15) is 45.4 Å². The van der Waals surface area contributed by atoms with Gasteiger partial charge in [0.15, 0.2) is 0 Å². The first-order valence-corrected chi connectivity index (χ1v) is 7.22. The number of halogens is 1. The summed E-state index contributed by atoms with van der Waals surface area (Å²) in [5.74, 6) is 0. The van der Waals surface area contributed by atoms with Crippen molar-refractivity contribution >= 4 is 15.9 Å². The van der Waals surface area contributed by atoms with Gasteiger partial charge in [0.2, 0.25) is 0 Å². The number of rotatable bonds is 4. The van der Waals surface area contributed by atoms with Gasteiger partial charge in [0.1, 0.15) is 0 Å². The van der Waals surface area contributed by atoms with Gasteiger partial charge in [0.05, 0.1) is 0 Å². The summed E-state index contributed by atoms with van der Waals surface area (Å²) in [6, 6.07) is 0.895. The summed E-state index contributed by atoms with van der Waals surface area (Å²) in [5.41, 5.74) is 0.651. The third-order valence-corrected chi connectivity index (χ3v) is 5.40. The molecule has 0 N–H and O–H groups in total. The molecule has 2 rings (SSSR count). The lowest BCUT2D eigenvalue weighted by molar-refractivity contribution is 0.0830. The zero-order valence-electron chi connectivity index (χ0n) is 9.27. The van der Waals surface area contributed by atoms with Crippen molar-refractivity contribution in [3.05, 3.63) is 0 Å². The average molecular weight is 260 g/mol. The Kier molecular flexibility index (Phi) is 3.54. The SMILES string of the molecule is CCC1CCCN1CC1(CBr)CCC1. The second-order valence-electron chi connectivity index (χ2n) is 5.16. The van der Waals surface area contributed by atoms with Gasteiger partial charge in [-0.2, -0.15) is 0 Å². The molecule has 0 radical (unpaired) electrons. The monoisotopic (exact) mass is 259 g/mol. The molecule has 1 saturated carbocycles. The minimum atomic E-state index is 0.651. The van der Waals surface area contributed by atoms with Gasteiger partial charge in [0.25, 0.3) is 0 Å². The fourth-order valence-electron chi connectivity index (χ4n) is 3.01. The first kappa shape index (κ1) is 10.9. The molecule has 1 aliphatic carbocycles. The predicted molar refractivity (Wildman–Crippen MR) is 65.0 cm³/mol. The first-order valence-electron chi connectivity index (χ1n) is 6.10. The minimum Gasteiger partial charge on any atom is -0.300 e. The molecule has 1 aliphatic heterocycles. The van der Waals surface area contributed by atoms with E-state index in [4.69, 9.17) is 0 Å². The van der Waals surface area contributed by atoms with E-state index in [1.165, 1.54) is 56.9 Å². The minimum absolute atomic E-state index is 0.651. The van der Waals surface area contributed by atoms with Crippen molar-refractivity contribution in [1.29, 1.82) is 0 Å². The van der Waals surface area contributed by atoms with Gasteiger partial charge in [-0.25, -0.2) is 0 Å². The van der Waals surface area contributed by atoms with Gasteiger partial charge < -0.3 is 0 Å². The third-order valence-electron chi connectivity index (χ3n) is 4.21. The molecule has 1 nitrogen and oxygen atoms in total. The topological polar surface area (TPSA) is 3.24 Å². The Labute approximate surface area is 96.4 Å². The van der Waals surface area contributed by atoms with E-state index in [1.54, 1.807) is 0 Å². The molecule has 0 aromatic heterocycles. The van der Waals surface area contributed by atoms with Crippen molar-refractivity contribution in [3.63, 3.8) is 0 Å².